The van der Waals surface area contributed by atoms with E-state index in [0.717, 1.165) is 36.2 Å². The Morgan fingerprint density at radius 3 is 2.33 bits per heavy atom. The second-order valence-electron chi connectivity index (χ2n) is 11.8. The summed E-state index contributed by atoms with van der Waals surface area (Å²) in [6.07, 6.45) is 1.86. The maximum atomic E-state index is 13.8. The molecule has 3 aliphatic rings. The molecule has 4 heterocycles. The first-order chi connectivity index (χ1) is 20.5. The third kappa shape index (κ3) is 6.34. The van der Waals surface area contributed by atoms with Crippen LogP contribution in [0, 0.1) is 5.92 Å². The summed E-state index contributed by atoms with van der Waals surface area (Å²) in [4.78, 5) is 62.8. The Morgan fingerprint density at radius 2 is 1.70 bits per heavy atom. The summed E-state index contributed by atoms with van der Waals surface area (Å²) in [7, 11) is -2.45. The number of hydrogen-bond acceptors (Lipinski definition) is 9. The highest BCUT2D eigenvalue weighted by atomic mass is 32.2. The average molecular weight is 611 g/mol. The molecule has 12 nitrogen and oxygen atoms in total. The number of Topliss-reactive ketones (excluding diaryl/α,β-unsaturated/α-hetero) is 1. The molecule has 3 unspecified atom stereocenters. The topological polar surface area (TPSA) is 140 Å². The zero-order chi connectivity index (χ0) is 30.9. The Hall–Kier alpha value is -3.68. The molecule has 3 atom stereocenters. The van der Waals surface area contributed by atoms with Crippen LogP contribution in [0.2, 0.25) is 0 Å². The van der Waals surface area contributed by atoms with Crippen molar-refractivity contribution in [1.82, 2.24) is 24.4 Å². The van der Waals surface area contributed by atoms with Gasteiger partial charge in [0.15, 0.2) is 5.78 Å². The molecular weight excluding hydrogens is 572 g/mol. The third-order valence-electron chi connectivity index (χ3n) is 8.39. The molecule has 0 bridgehead atoms. The number of piperazine rings is 1. The van der Waals surface area contributed by atoms with Crippen molar-refractivity contribution in [3.63, 3.8) is 0 Å². The van der Waals surface area contributed by atoms with Gasteiger partial charge < -0.3 is 20.0 Å². The van der Waals surface area contributed by atoms with Crippen LogP contribution in [0.1, 0.15) is 47.5 Å². The number of carbonyl (C=O) groups is 4. The minimum atomic E-state index is -4.54. The minimum absolute atomic E-state index is 0.0550. The Balaban J connectivity index is 1.29. The molecule has 0 radical (unpaired) electrons. The summed E-state index contributed by atoms with van der Waals surface area (Å²) in [5.41, 5.74) is 1.21. The zero-order valence-corrected chi connectivity index (χ0v) is 25.5. The molecule has 13 heteroatoms. The third-order valence-corrected chi connectivity index (χ3v) is 10.1. The smallest absolute Gasteiger partial charge is 0.310 e. The van der Waals surface area contributed by atoms with E-state index in [-0.39, 0.29) is 24.6 Å². The normalized spacial score (nSPS) is 22.1. The fourth-order valence-corrected chi connectivity index (χ4v) is 7.56. The molecule has 3 aliphatic heterocycles. The largest absolute Gasteiger partial charge is 0.369 e. The molecule has 3 fully saturated rings. The lowest BCUT2D eigenvalue weighted by molar-refractivity contribution is -0.138. The van der Waals surface area contributed by atoms with Gasteiger partial charge >= 0.3 is 5.12 Å². The van der Waals surface area contributed by atoms with Gasteiger partial charge in [0, 0.05) is 50.2 Å². The van der Waals surface area contributed by atoms with Crippen molar-refractivity contribution in [3.8, 4) is 0 Å². The number of fused-ring (bicyclic) bond motifs is 1. The second-order valence-corrected chi connectivity index (χ2v) is 13.6. The number of likely N-dealkylation sites (tertiary alicyclic amines) is 1. The monoisotopic (exact) mass is 610 g/mol. The molecule has 230 valence electrons. The van der Waals surface area contributed by atoms with E-state index in [1.165, 1.54) is 23.2 Å². The number of pyridine rings is 1. The molecule has 3 saturated heterocycles. The molecule has 1 aromatic carbocycles. The van der Waals surface area contributed by atoms with Crippen LogP contribution in [0.5, 0.6) is 0 Å². The van der Waals surface area contributed by atoms with Crippen LogP contribution in [0.3, 0.4) is 0 Å². The fourth-order valence-electron chi connectivity index (χ4n) is 6.09. The SMILES string of the molecule is CC(C)CC(NC(=O)c1ccc(N2CCN(C)CC2)cc1)C(=O)N1CCC2C1C(=O)CN2S(=O)(=O)C(=O)c1ccccn1. The number of benzene rings is 1. The van der Waals surface area contributed by atoms with E-state index >= 15 is 0 Å². The van der Waals surface area contributed by atoms with Gasteiger partial charge in [-0.15, -0.1) is 0 Å². The molecule has 2 amide bonds. The van der Waals surface area contributed by atoms with Crippen molar-refractivity contribution in [2.24, 2.45) is 5.92 Å². The van der Waals surface area contributed by atoms with E-state index in [0.29, 0.717) is 12.0 Å². The van der Waals surface area contributed by atoms with Crippen molar-refractivity contribution < 1.29 is 27.6 Å². The van der Waals surface area contributed by atoms with Crippen molar-refractivity contribution >= 4 is 38.4 Å². The summed E-state index contributed by atoms with van der Waals surface area (Å²) in [5, 5.41) is 1.68. The van der Waals surface area contributed by atoms with Crippen LogP contribution in [-0.2, 0) is 19.6 Å². The van der Waals surface area contributed by atoms with E-state index in [1.54, 1.807) is 18.2 Å². The Kier molecular flexibility index (Phi) is 8.95. The van der Waals surface area contributed by atoms with Crippen LogP contribution in [0.25, 0.3) is 0 Å². The molecule has 0 aliphatic carbocycles. The number of likely N-dealkylation sites (N-methyl/N-ethyl adjacent to an activating group) is 1. The van der Waals surface area contributed by atoms with E-state index in [9.17, 15) is 27.6 Å². The van der Waals surface area contributed by atoms with E-state index in [1.807, 2.05) is 26.0 Å². The lowest BCUT2D eigenvalue weighted by atomic mass is 10.0. The summed E-state index contributed by atoms with van der Waals surface area (Å²) in [5.74, 6) is -1.24. The molecule has 0 saturated carbocycles. The van der Waals surface area contributed by atoms with Crippen LogP contribution >= 0.6 is 0 Å². The van der Waals surface area contributed by atoms with Crippen LogP contribution in [-0.4, -0.2) is 115 Å². The van der Waals surface area contributed by atoms with Gasteiger partial charge in [0.25, 0.3) is 15.9 Å². The average Bonchev–Trinajstić information content (AvgIpc) is 3.58. The number of aromatic nitrogens is 1. The summed E-state index contributed by atoms with van der Waals surface area (Å²) in [6.45, 7) is 7.23. The number of anilines is 1. The van der Waals surface area contributed by atoms with Gasteiger partial charge in [0.05, 0.1) is 12.6 Å². The Morgan fingerprint density at radius 1 is 1.00 bits per heavy atom. The number of nitrogens with one attached hydrogen (secondary N) is 1. The number of hydrogen-bond donors (Lipinski definition) is 1. The van der Waals surface area contributed by atoms with E-state index in [4.69, 9.17) is 0 Å². The maximum absolute atomic E-state index is 13.8. The van der Waals surface area contributed by atoms with Gasteiger partial charge in [0.2, 0.25) is 5.91 Å². The molecule has 2 aromatic rings. The number of ketones is 1. The van der Waals surface area contributed by atoms with E-state index in [2.05, 4.69) is 27.1 Å². The highest BCUT2D eigenvalue weighted by molar-refractivity contribution is 8.04. The summed E-state index contributed by atoms with van der Waals surface area (Å²) in [6, 6.07) is 8.90. The number of rotatable bonds is 8. The molecular formula is C30H38N6O6S. The van der Waals surface area contributed by atoms with Crippen LogP contribution < -0.4 is 10.2 Å². The van der Waals surface area contributed by atoms with Crippen LogP contribution in [0.4, 0.5) is 5.69 Å². The quantitative estimate of drug-likeness (QED) is 0.464. The zero-order valence-electron chi connectivity index (χ0n) is 24.7. The lowest BCUT2D eigenvalue weighted by Gasteiger charge is -2.34. The molecule has 5 rings (SSSR count). The van der Waals surface area contributed by atoms with Gasteiger partial charge in [-0.25, -0.2) is 8.42 Å². The minimum Gasteiger partial charge on any atom is -0.369 e. The highest BCUT2D eigenvalue weighted by Gasteiger charge is 2.55. The van der Waals surface area contributed by atoms with Crippen molar-refractivity contribution in [2.45, 2.75) is 44.8 Å². The number of carbonyl (C=O) groups excluding carboxylic acids is 4. The van der Waals surface area contributed by atoms with Gasteiger partial charge in [-0.2, -0.15) is 4.31 Å². The molecule has 43 heavy (non-hydrogen) atoms. The standard InChI is InChI=1S/C30H38N6O6S/c1-20(2)18-24(32-28(38)21-7-9-22(10-8-21)34-16-14-33(3)15-17-34)29(39)35-13-11-25-27(35)26(37)19-36(25)43(41,42)30(40)23-6-4-5-12-31-23/h4-10,12,20,24-25,27H,11,13-19H2,1-3H3,(H,32,38). The fraction of sp³-hybridized carbons (Fsp3) is 0.500. The predicted molar refractivity (Wildman–Crippen MR) is 160 cm³/mol. The number of nitrogens with zero attached hydrogens (tertiary/aromatic N) is 5. The van der Waals surface area contributed by atoms with Gasteiger partial charge in [-0.3, -0.25) is 24.2 Å². The molecule has 0 spiro atoms. The Bertz CT molecular complexity index is 1470. The first-order valence-corrected chi connectivity index (χ1v) is 16.1. The van der Waals surface area contributed by atoms with Crippen molar-refractivity contribution in [1.29, 1.82) is 0 Å². The lowest BCUT2D eigenvalue weighted by Crippen LogP contribution is -2.53. The van der Waals surface area contributed by atoms with Crippen molar-refractivity contribution in [3.05, 3.63) is 59.9 Å². The molecule has 1 aromatic heterocycles. The van der Waals surface area contributed by atoms with Crippen LogP contribution in [0.15, 0.2) is 48.7 Å². The summed E-state index contributed by atoms with van der Waals surface area (Å²) < 4.78 is 27.4. The molecule has 1 N–H and O–H groups in total. The highest BCUT2D eigenvalue weighted by Crippen LogP contribution is 2.33. The first kappa shape index (κ1) is 30.8. The van der Waals surface area contributed by atoms with Gasteiger partial charge in [0.1, 0.15) is 17.8 Å². The maximum Gasteiger partial charge on any atom is 0.310 e. The van der Waals surface area contributed by atoms with Gasteiger partial charge in [-0.1, -0.05) is 19.9 Å². The Labute approximate surface area is 252 Å². The number of sulfonamides is 1. The van der Waals surface area contributed by atoms with Gasteiger partial charge in [-0.05, 0) is 62.2 Å². The predicted octanol–water partition coefficient (Wildman–Crippen LogP) is 1.00. The number of amides is 2. The van der Waals surface area contributed by atoms with Crippen molar-refractivity contribution in [2.75, 3.05) is 51.2 Å². The second kappa shape index (κ2) is 12.5. The summed E-state index contributed by atoms with van der Waals surface area (Å²) >= 11 is 0. The van der Waals surface area contributed by atoms with E-state index < -0.39 is 57.4 Å². The first-order valence-electron chi connectivity index (χ1n) is 14.6.